The molecule has 16 heavy (non-hydrogen) atoms. The van der Waals surface area contributed by atoms with Crippen LogP contribution in [0.4, 0.5) is 0 Å². The number of aromatic nitrogens is 1. The third-order valence-electron chi connectivity index (χ3n) is 1.96. The van der Waals surface area contributed by atoms with Crippen LogP contribution in [-0.4, -0.2) is 6.26 Å². The zero-order chi connectivity index (χ0) is 14.1. The Morgan fingerprint density at radius 3 is 1.69 bits per heavy atom. The van der Waals surface area contributed by atoms with E-state index in [1.54, 1.807) is 6.26 Å². The number of rotatable bonds is 2. The first-order valence-corrected chi connectivity index (χ1v) is 6.48. The van der Waals surface area contributed by atoms with Crippen LogP contribution in [0.3, 0.4) is 0 Å². The highest BCUT2D eigenvalue weighted by Crippen LogP contribution is 1.93. The molecule has 0 spiro atoms. The van der Waals surface area contributed by atoms with Crippen molar-refractivity contribution in [3.05, 3.63) is 30.6 Å². The van der Waals surface area contributed by atoms with E-state index < -0.39 is 0 Å². The molecule has 0 saturated heterocycles. The van der Waals surface area contributed by atoms with E-state index >= 15 is 0 Å². The fourth-order valence-electron chi connectivity index (χ4n) is 0.645. The van der Waals surface area contributed by atoms with Gasteiger partial charge >= 0.3 is 0 Å². The molecule has 1 aromatic rings. The molecule has 0 fully saturated rings. The minimum absolute atomic E-state index is 0.884. The number of hydrogen-bond acceptors (Lipinski definition) is 1. The van der Waals surface area contributed by atoms with Crippen molar-refractivity contribution in [2.75, 3.05) is 6.26 Å². The van der Waals surface area contributed by atoms with Gasteiger partial charge in [-0.25, -0.2) is 4.57 Å². The molecule has 0 bridgehead atoms. The Morgan fingerprint density at radius 1 is 1.12 bits per heavy atom. The monoisotopic (exact) mass is 246 g/mol. The molecule has 0 aliphatic rings. The summed E-state index contributed by atoms with van der Waals surface area (Å²) in [6.45, 7) is 9.82. The molecule has 0 N–H and O–H groups in total. The third-order valence-corrected chi connectivity index (χ3v) is 1.96. The van der Waals surface area contributed by atoms with E-state index in [0.29, 0.717) is 0 Å². The standard InChI is InChI=1S/C7H10N.C5H12.CH4S.CH4/c1-2-8-6-4-3-5-7-8;1-4-5(2)3;1-2;/h3-7H,2H2,1H3;5H,4H2,1-3H3;2H,1H3;1H4/q+1;;;/i;;;1T. The van der Waals surface area contributed by atoms with Gasteiger partial charge in [0.1, 0.15) is 6.54 Å². The molecule has 0 aromatic carbocycles. The van der Waals surface area contributed by atoms with E-state index in [4.69, 9.17) is 1.37 Å². The molecule has 0 aliphatic carbocycles. The number of nitrogens with zero attached hydrogens (tertiary/aromatic N) is 1. The number of hydrogen-bond donors (Lipinski definition) is 1. The average molecular weight is 246 g/mol. The van der Waals surface area contributed by atoms with Crippen molar-refractivity contribution >= 4 is 12.6 Å². The van der Waals surface area contributed by atoms with Crippen LogP contribution in [-0.2, 0) is 6.54 Å². The maximum absolute atomic E-state index is 5.75. The normalized spacial score (nSPS) is 8.38. The highest BCUT2D eigenvalue weighted by Gasteiger charge is 1.86. The van der Waals surface area contributed by atoms with Crippen molar-refractivity contribution in [2.45, 2.75) is 48.1 Å². The highest BCUT2D eigenvalue weighted by atomic mass is 32.1. The maximum atomic E-state index is 5.75. The van der Waals surface area contributed by atoms with Crippen LogP contribution in [0, 0.1) is 5.92 Å². The first-order valence-electron chi connectivity index (χ1n) is 6.59. The Kier molecular flexibility index (Phi) is 18.9. The SMILES string of the molecule is CCC(C)C.CC[n+]1ccccc1.CS.[3H]C. The van der Waals surface area contributed by atoms with E-state index in [0.717, 1.165) is 12.5 Å². The molecular formula is C14H30NS+. The van der Waals surface area contributed by atoms with Gasteiger partial charge in [-0.2, -0.15) is 12.6 Å². The second-order valence-corrected chi connectivity index (χ2v) is 3.51. The van der Waals surface area contributed by atoms with Gasteiger partial charge in [-0.3, -0.25) is 0 Å². The Morgan fingerprint density at radius 2 is 1.50 bits per heavy atom. The summed E-state index contributed by atoms with van der Waals surface area (Å²) >= 11 is 3.53. The molecule has 0 radical (unpaired) electrons. The third kappa shape index (κ3) is 15.9. The molecule has 0 amide bonds. The van der Waals surface area contributed by atoms with Gasteiger partial charge in [0, 0.05) is 13.5 Å². The molecule has 1 aromatic heterocycles. The summed E-state index contributed by atoms with van der Waals surface area (Å²) in [5.74, 6) is 0.884. The predicted molar refractivity (Wildman–Crippen MR) is 79.1 cm³/mol. The Labute approximate surface area is 110 Å². The Balaban J connectivity index is -0.000000190. The van der Waals surface area contributed by atoms with Gasteiger partial charge in [0.25, 0.3) is 0 Å². The highest BCUT2D eigenvalue weighted by molar-refractivity contribution is 7.79. The lowest BCUT2D eigenvalue weighted by atomic mass is 10.2. The van der Waals surface area contributed by atoms with Gasteiger partial charge in [0.2, 0.25) is 0 Å². The molecule has 1 rings (SSSR count). The number of pyridine rings is 1. The summed E-state index contributed by atoms with van der Waals surface area (Å²) < 4.78 is 7.88. The number of aryl methyl sites for hydroxylation is 1. The van der Waals surface area contributed by atoms with Crippen molar-refractivity contribution in [1.82, 2.24) is 0 Å². The molecule has 0 aliphatic heterocycles. The molecule has 2 heteroatoms. The summed E-state index contributed by atoms with van der Waals surface area (Å²) in [4.78, 5) is 0. The van der Waals surface area contributed by atoms with Crippen LogP contribution in [0.5, 0.6) is 0 Å². The van der Waals surface area contributed by atoms with Gasteiger partial charge in [0.15, 0.2) is 12.4 Å². The van der Waals surface area contributed by atoms with Gasteiger partial charge in [-0.15, -0.1) is 0 Å². The maximum Gasteiger partial charge on any atom is 0.168 e. The minimum atomic E-state index is 0.884. The van der Waals surface area contributed by atoms with E-state index in [-0.39, 0.29) is 0 Å². The van der Waals surface area contributed by atoms with Crippen molar-refractivity contribution in [1.29, 1.82) is 0 Å². The van der Waals surface area contributed by atoms with Crippen LogP contribution in [0.2, 0.25) is 0 Å². The smallest absolute Gasteiger partial charge is 0.168 e. The van der Waals surface area contributed by atoms with Gasteiger partial charge in [-0.05, 0) is 19.1 Å². The Hall–Kier alpha value is -0.500. The van der Waals surface area contributed by atoms with Crippen LogP contribution in [0.1, 0.15) is 42.9 Å². The Bertz CT molecular complexity index is 203. The average Bonchev–Trinajstić information content (AvgIpc) is 2.44. The van der Waals surface area contributed by atoms with E-state index in [1.807, 2.05) is 18.2 Å². The largest absolute Gasteiger partial charge is 0.205 e. The van der Waals surface area contributed by atoms with Crippen molar-refractivity contribution in [3.63, 3.8) is 0 Å². The van der Waals surface area contributed by atoms with Crippen molar-refractivity contribution in [2.24, 2.45) is 5.92 Å². The van der Waals surface area contributed by atoms with Crippen LogP contribution < -0.4 is 4.57 Å². The van der Waals surface area contributed by atoms with E-state index in [2.05, 4.69) is 57.3 Å². The molecule has 0 unspecified atom stereocenters. The lowest BCUT2D eigenvalue weighted by Crippen LogP contribution is -2.30. The van der Waals surface area contributed by atoms with Crippen molar-refractivity contribution in [3.8, 4) is 0 Å². The molecule has 1 nitrogen and oxygen atoms in total. The molecule has 1 heterocycles. The zero-order valence-electron chi connectivity index (χ0n) is 12.8. The predicted octanol–water partition coefficient (Wildman–Crippen LogP) is 4.23. The molecule has 0 atom stereocenters. The first kappa shape index (κ1) is 17.9. The van der Waals surface area contributed by atoms with Gasteiger partial charge in [0.05, 0.1) is 0 Å². The van der Waals surface area contributed by atoms with Crippen LogP contribution in [0.25, 0.3) is 0 Å². The fourth-order valence-corrected chi connectivity index (χ4v) is 0.645. The number of thiol groups is 1. The summed E-state index contributed by atoms with van der Waals surface area (Å²) in [7, 11) is 1.25. The van der Waals surface area contributed by atoms with Crippen molar-refractivity contribution < 1.29 is 5.94 Å². The fraction of sp³-hybridized carbons (Fsp3) is 0.643. The van der Waals surface area contributed by atoms with Crippen LogP contribution in [0.15, 0.2) is 30.6 Å². The lowest BCUT2D eigenvalue weighted by Gasteiger charge is -1.90. The quantitative estimate of drug-likeness (QED) is 0.588. The van der Waals surface area contributed by atoms with E-state index in [1.165, 1.54) is 13.8 Å². The minimum Gasteiger partial charge on any atom is -0.205 e. The second kappa shape index (κ2) is 16.9. The summed E-state index contributed by atoms with van der Waals surface area (Å²) in [5.41, 5.74) is 0. The van der Waals surface area contributed by atoms with Gasteiger partial charge in [-0.1, -0.05) is 40.7 Å². The lowest BCUT2D eigenvalue weighted by molar-refractivity contribution is -0.693. The van der Waals surface area contributed by atoms with E-state index in [9.17, 15) is 0 Å². The summed E-state index contributed by atoms with van der Waals surface area (Å²) in [6, 6.07) is 6.08. The summed E-state index contributed by atoms with van der Waals surface area (Å²) in [6.07, 6.45) is 7.11. The first-order chi connectivity index (χ1) is 8.20. The summed E-state index contributed by atoms with van der Waals surface area (Å²) in [5, 5.41) is 0. The molecule has 96 valence electrons. The molecular weight excluding hydrogens is 214 g/mol. The zero-order valence-corrected chi connectivity index (χ0v) is 12.7. The second-order valence-electron chi connectivity index (χ2n) is 3.51. The van der Waals surface area contributed by atoms with Gasteiger partial charge < -0.3 is 0 Å². The molecule has 0 saturated carbocycles. The topological polar surface area (TPSA) is 3.88 Å². The van der Waals surface area contributed by atoms with Crippen LogP contribution >= 0.6 is 12.6 Å².